The van der Waals surface area contributed by atoms with E-state index in [1.165, 1.54) is 38.5 Å². The SMILES string of the molecule is O=C1NC2(CO1)CC(C(=O)N1CC3(CC[C@@H](C4CCC4)C3)C1)C2. The molecule has 3 saturated carbocycles. The van der Waals surface area contributed by atoms with Crippen LogP contribution in [-0.2, 0) is 9.53 Å². The van der Waals surface area contributed by atoms with Gasteiger partial charge < -0.3 is 15.0 Å². The summed E-state index contributed by atoms with van der Waals surface area (Å²) < 4.78 is 4.99. The van der Waals surface area contributed by atoms with Crippen LogP contribution in [0.5, 0.6) is 0 Å². The van der Waals surface area contributed by atoms with Crippen LogP contribution in [-0.4, -0.2) is 42.1 Å². The summed E-state index contributed by atoms with van der Waals surface area (Å²) in [6.07, 6.45) is 9.59. The first-order valence-corrected chi connectivity index (χ1v) is 9.30. The van der Waals surface area contributed by atoms with Gasteiger partial charge in [-0.25, -0.2) is 4.79 Å². The van der Waals surface area contributed by atoms with Crippen molar-refractivity contribution in [2.75, 3.05) is 19.7 Å². The van der Waals surface area contributed by atoms with Crippen LogP contribution in [0.15, 0.2) is 0 Å². The average molecular weight is 318 g/mol. The molecule has 5 aliphatic rings. The van der Waals surface area contributed by atoms with Crippen LogP contribution in [0.1, 0.15) is 51.4 Å². The van der Waals surface area contributed by atoms with E-state index in [1.807, 2.05) is 0 Å². The first-order valence-electron chi connectivity index (χ1n) is 9.30. The third-order valence-electron chi connectivity index (χ3n) is 7.39. The second-order valence-corrected chi connectivity index (χ2v) is 8.97. The summed E-state index contributed by atoms with van der Waals surface area (Å²) in [5.41, 5.74) is 0.227. The molecule has 126 valence electrons. The summed E-state index contributed by atoms with van der Waals surface area (Å²) in [5, 5.41) is 2.87. The molecule has 5 fully saturated rings. The van der Waals surface area contributed by atoms with Crippen LogP contribution in [0.2, 0.25) is 0 Å². The predicted octanol–water partition coefficient (Wildman–Crippen LogP) is 2.30. The quantitative estimate of drug-likeness (QED) is 0.850. The monoisotopic (exact) mass is 318 g/mol. The van der Waals surface area contributed by atoms with Crippen LogP contribution in [0, 0.1) is 23.2 Å². The molecular weight excluding hydrogens is 292 g/mol. The molecule has 2 amide bonds. The molecule has 1 N–H and O–H groups in total. The summed E-state index contributed by atoms with van der Waals surface area (Å²) in [6.45, 7) is 2.41. The van der Waals surface area contributed by atoms with Crippen LogP contribution in [0.3, 0.4) is 0 Å². The van der Waals surface area contributed by atoms with Crippen LogP contribution in [0.4, 0.5) is 4.79 Å². The number of hydrogen-bond acceptors (Lipinski definition) is 3. The van der Waals surface area contributed by atoms with E-state index >= 15 is 0 Å². The van der Waals surface area contributed by atoms with Gasteiger partial charge in [0.1, 0.15) is 6.61 Å². The van der Waals surface area contributed by atoms with Crippen molar-refractivity contribution in [3.63, 3.8) is 0 Å². The number of carbonyl (C=O) groups excluding carboxylic acids is 2. The number of amides is 2. The molecule has 5 heteroatoms. The topological polar surface area (TPSA) is 58.6 Å². The van der Waals surface area contributed by atoms with Crippen molar-refractivity contribution in [2.24, 2.45) is 23.2 Å². The Labute approximate surface area is 137 Å². The molecule has 0 bridgehead atoms. The minimum Gasteiger partial charge on any atom is -0.447 e. The van der Waals surface area contributed by atoms with E-state index in [-0.39, 0.29) is 17.6 Å². The van der Waals surface area contributed by atoms with Gasteiger partial charge in [-0.05, 0) is 43.9 Å². The highest BCUT2D eigenvalue weighted by molar-refractivity contribution is 5.82. The van der Waals surface area contributed by atoms with Gasteiger partial charge in [0.15, 0.2) is 0 Å². The molecule has 1 atom stereocenters. The number of likely N-dealkylation sites (tertiary alicyclic amines) is 1. The van der Waals surface area contributed by atoms with Crippen molar-refractivity contribution < 1.29 is 14.3 Å². The summed E-state index contributed by atoms with van der Waals surface area (Å²) in [7, 11) is 0. The minimum atomic E-state index is -0.327. The lowest BCUT2D eigenvalue weighted by molar-refractivity contribution is -0.153. The molecule has 2 aliphatic heterocycles. The minimum absolute atomic E-state index is 0.0955. The smallest absolute Gasteiger partial charge is 0.407 e. The maximum atomic E-state index is 12.6. The van der Waals surface area contributed by atoms with Gasteiger partial charge >= 0.3 is 6.09 Å². The van der Waals surface area contributed by atoms with Gasteiger partial charge in [-0.15, -0.1) is 0 Å². The molecule has 0 aromatic rings. The maximum absolute atomic E-state index is 12.6. The third-order valence-corrected chi connectivity index (χ3v) is 7.39. The first-order chi connectivity index (χ1) is 11.1. The van der Waals surface area contributed by atoms with Crippen LogP contribution < -0.4 is 5.32 Å². The lowest BCUT2D eigenvalue weighted by Crippen LogP contribution is -2.63. The molecule has 0 aromatic carbocycles. The average Bonchev–Trinajstić information content (AvgIpc) is 2.97. The molecule has 0 unspecified atom stereocenters. The Bertz CT molecular complexity index is 544. The van der Waals surface area contributed by atoms with E-state index in [4.69, 9.17) is 4.74 Å². The van der Waals surface area contributed by atoms with E-state index in [0.29, 0.717) is 17.9 Å². The second-order valence-electron chi connectivity index (χ2n) is 8.97. The number of carbonyl (C=O) groups is 2. The Morgan fingerprint density at radius 1 is 1.13 bits per heavy atom. The molecule has 2 spiro atoms. The van der Waals surface area contributed by atoms with Crippen molar-refractivity contribution in [3.8, 4) is 0 Å². The number of alkyl carbamates (subject to hydrolysis) is 1. The largest absolute Gasteiger partial charge is 0.447 e. The molecule has 23 heavy (non-hydrogen) atoms. The summed E-state index contributed by atoms with van der Waals surface area (Å²) in [4.78, 5) is 25.9. The molecule has 5 nitrogen and oxygen atoms in total. The fourth-order valence-corrected chi connectivity index (χ4v) is 5.80. The Balaban J connectivity index is 1.12. The fourth-order valence-electron chi connectivity index (χ4n) is 5.80. The lowest BCUT2D eigenvalue weighted by atomic mass is 9.67. The number of hydrogen-bond donors (Lipinski definition) is 1. The number of nitrogens with one attached hydrogen (secondary N) is 1. The maximum Gasteiger partial charge on any atom is 0.407 e. The highest BCUT2D eigenvalue weighted by Crippen LogP contribution is 2.54. The van der Waals surface area contributed by atoms with Crippen molar-refractivity contribution >= 4 is 12.0 Å². The molecular formula is C18H26N2O3. The zero-order valence-corrected chi connectivity index (χ0v) is 13.7. The summed E-state index contributed by atoms with van der Waals surface area (Å²) in [6, 6.07) is 0. The van der Waals surface area contributed by atoms with Gasteiger partial charge in [0.05, 0.1) is 5.54 Å². The van der Waals surface area contributed by atoms with Crippen molar-refractivity contribution in [2.45, 2.75) is 56.9 Å². The zero-order chi connectivity index (χ0) is 15.7. The summed E-state index contributed by atoms with van der Waals surface area (Å²) >= 11 is 0. The Morgan fingerprint density at radius 2 is 1.91 bits per heavy atom. The standard InChI is InChI=1S/C18H26N2O3/c21-15(14-7-18(8-14)11-23-16(22)19-18)20-9-17(10-20)5-4-13(6-17)12-2-1-3-12/h12-14H,1-11H2,(H,19,22)/t13-,14?,18?/m1/s1. The predicted molar refractivity (Wildman–Crippen MR) is 83.6 cm³/mol. The van der Waals surface area contributed by atoms with Gasteiger partial charge in [0, 0.05) is 24.4 Å². The highest BCUT2D eigenvalue weighted by atomic mass is 16.6. The molecule has 2 heterocycles. The van der Waals surface area contributed by atoms with Gasteiger partial charge in [0.2, 0.25) is 5.91 Å². The number of nitrogens with zero attached hydrogens (tertiary/aromatic N) is 1. The van der Waals surface area contributed by atoms with Crippen molar-refractivity contribution in [1.29, 1.82) is 0 Å². The number of rotatable bonds is 2. The lowest BCUT2D eigenvalue weighted by Gasteiger charge is -2.52. The Kier molecular flexibility index (Phi) is 2.85. The molecule has 3 aliphatic carbocycles. The van der Waals surface area contributed by atoms with Gasteiger partial charge in [0.25, 0.3) is 0 Å². The second kappa shape index (κ2) is 4.64. The molecule has 0 radical (unpaired) electrons. The van der Waals surface area contributed by atoms with E-state index in [9.17, 15) is 9.59 Å². The van der Waals surface area contributed by atoms with E-state index < -0.39 is 0 Å². The van der Waals surface area contributed by atoms with Crippen LogP contribution >= 0.6 is 0 Å². The first kappa shape index (κ1) is 14.1. The normalized spacial score (nSPS) is 41.2. The van der Waals surface area contributed by atoms with E-state index in [2.05, 4.69) is 10.2 Å². The number of ether oxygens (including phenoxy) is 1. The third kappa shape index (κ3) is 2.11. The molecule has 0 aromatic heterocycles. The van der Waals surface area contributed by atoms with E-state index in [0.717, 1.165) is 37.8 Å². The van der Waals surface area contributed by atoms with Gasteiger partial charge in [-0.1, -0.05) is 19.3 Å². The summed E-state index contributed by atoms with van der Waals surface area (Å²) in [5.74, 6) is 2.35. The highest BCUT2D eigenvalue weighted by Gasteiger charge is 2.57. The molecule has 5 rings (SSSR count). The van der Waals surface area contributed by atoms with Crippen LogP contribution in [0.25, 0.3) is 0 Å². The Morgan fingerprint density at radius 3 is 2.52 bits per heavy atom. The van der Waals surface area contributed by atoms with Crippen molar-refractivity contribution in [1.82, 2.24) is 10.2 Å². The van der Waals surface area contributed by atoms with Gasteiger partial charge in [-0.2, -0.15) is 0 Å². The Hall–Kier alpha value is -1.26. The fraction of sp³-hybridized carbons (Fsp3) is 0.889. The van der Waals surface area contributed by atoms with E-state index in [1.54, 1.807) is 0 Å². The number of cyclic esters (lactones) is 1. The van der Waals surface area contributed by atoms with Gasteiger partial charge in [-0.3, -0.25) is 4.79 Å². The zero-order valence-electron chi connectivity index (χ0n) is 13.7. The molecule has 2 saturated heterocycles. The van der Waals surface area contributed by atoms with Crippen molar-refractivity contribution in [3.05, 3.63) is 0 Å².